The number of alkyl halides is 3. The lowest BCUT2D eigenvalue weighted by molar-refractivity contribution is -0.206. The van der Waals surface area contributed by atoms with E-state index in [0.717, 1.165) is 37.0 Å². The van der Waals surface area contributed by atoms with Gasteiger partial charge in [-0.05, 0) is 61.6 Å². The maximum Gasteiger partial charge on any atom is 0.425 e. The van der Waals surface area contributed by atoms with E-state index in [2.05, 4.69) is 21.6 Å². The first-order valence-electron chi connectivity index (χ1n) is 13.3. The highest BCUT2D eigenvalue weighted by atomic mass is 19.4. The van der Waals surface area contributed by atoms with Gasteiger partial charge in [-0.2, -0.15) is 13.2 Å². The molecular formula is C30H32F4N2O4. The summed E-state index contributed by atoms with van der Waals surface area (Å²) < 4.78 is 63.7. The summed E-state index contributed by atoms with van der Waals surface area (Å²) in [6, 6.07) is 8.94. The zero-order valence-corrected chi connectivity index (χ0v) is 22.5. The molecule has 0 aliphatic rings. The van der Waals surface area contributed by atoms with Gasteiger partial charge in [0.1, 0.15) is 0 Å². The first-order valence-corrected chi connectivity index (χ1v) is 13.3. The average Bonchev–Trinajstić information content (AvgIpc) is 2.94. The lowest BCUT2D eigenvalue weighted by Gasteiger charge is -2.20. The molecule has 0 unspecified atom stereocenters. The van der Waals surface area contributed by atoms with Crippen LogP contribution in [0, 0.1) is 5.82 Å². The smallest absolute Gasteiger partial charge is 0.425 e. The van der Waals surface area contributed by atoms with Crippen molar-refractivity contribution in [2.24, 2.45) is 0 Å². The molecule has 0 radical (unpaired) electrons. The first-order chi connectivity index (χ1) is 19.1. The Hall–Kier alpha value is -3.82. The molecule has 0 aliphatic heterocycles. The normalized spacial score (nSPS) is 12.2. The molecule has 0 spiro atoms. The molecular weight excluding hydrogens is 528 g/mol. The van der Waals surface area contributed by atoms with Crippen molar-refractivity contribution in [2.45, 2.75) is 77.5 Å². The molecule has 1 heterocycles. The van der Waals surface area contributed by atoms with Crippen LogP contribution in [0.4, 0.5) is 17.6 Å². The first kappa shape index (κ1) is 30.7. The molecule has 1 aromatic heterocycles. The van der Waals surface area contributed by atoms with Crippen molar-refractivity contribution in [2.75, 3.05) is 0 Å². The summed E-state index contributed by atoms with van der Waals surface area (Å²) in [4.78, 5) is 33.5. The number of hydrogen-bond acceptors (Lipinski definition) is 6. The van der Waals surface area contributed by atoms with Crippen molar-refractivity contribution in [1.82, 2.24) is 9.97 Å². The zero-order chi connectivity index (χ0) is 29.1. The number of aryl methyl sites for hydroxylation is 1. The summed E-state index contributed by atoms with van der Waals surface area (Å²) in [6.07, 6.45) is 2.38. The average molecular weight is 561 g/mol. The number of halogens is 4. The summed E-state index contributed by atoms with van der Waals surface area (Å²) in [7, 11) is 0. The number of esters is 2. The van der Waals surface area contributed by atoms with E-state index >= 15 is 0 Å². The minimum absolute atomic E-state index is 0.128. The minimum Gasteiger partial charge on any atom is -0.449 e. The van der Waals surface area contributed by atoms with Crippen LogP contribution in [0.1, 0.15) is 85.1 Å². The van der Waals surface area contributed by atoms with E-state index in [-0.39, 0.29) is 18.4 Å². The molecule has 0 aliphatic carbocycles. The number of ether oxygens (including phenoxy) is 2. The molecule has 0 saturated heterocycles. The van der Waals surface area contributed by atoms with Crippen LogP contribution in [-0.4, -0.2) is 34.2 Å². The monoisotopic (exact) mass is 560 g/mol. The Kier molecular flexibility index (Phi) is 11.2. The highest BCUT2D eigenvalue weighted by Crippen LogP contribution is 2.28. The molecule has 0 fully saturated rings. The Bertz CT molecular complexity index is 1260. The van der Waals surface area contributed by atoms with Gasteiger partial charge in [0.2, 0.25) is 0 Å². The SMILES string of the molecule is CCCCCCc1cnc(-c2ccc(C(=O)Oc3ccc(C(=O)O[C@@H](CCCC)C(F)(F)F)cc3F)cc2)nc1. The van der Waals surface area contributed by atoms with Gasteiger partial charge in [0, 0.05) is 18.0 Å². The van der Waals surface area contributed by atoms with E-state index in [0.29, 0.717) is 23.9 Å². The molecule has 214 valence electrons. The number of aromatic nitrogens is 2. The lowest BCUT2D eigenvalue weighted by atomic mass is 10.1. The maximum atomic E-state index is 14.6. The van der Waals surface area contributed by atoms with Crippen molar-refractivity contribution in [3.8, 4) is 17.1 Å². The maximum absolute atomic E-state index is 14.6. The molecule has 10 heteroatoms. The van der Waals surface area contributed by atoms with Crippen molar-refractivity contribution in [3.63, 3.8) is 0 Å². The van der Waals surface area contributed by atoms with Crippen LogP contribution in [0.15, 0.2) is 54.9 Å². The summed E-state index contributed by atoms with van der Waals surface area (Å²) in [5, 5.41) is 0. The van der Waals surface area contributed by atoms with Crippen LogP contribution in [0.2, 0.25) is 0 Å². The van der Waals surface area contributed by atoms with E-state index in [4.69, 9.17) is 4.74 Å². The predicted octanol–water partition coefficient (Wildman–Crippen LogP) is 7.90. The number of hydrogen-bond donors (Lipinski definition) is 0. The van der Waals surface area contributed by atoms with Gasteiger partial charge in [0.25, 0.3) is 0 Å². The number of benzene rings is 2. The third-order valence-corrected chi connectivity index (χ3v) is 6.21. The van der Waals surface area contributed by atoms with Gasteiger partial charge in [-0.25, -0.2) is 23.9 Å². The molecule has 1 atom stereocenters. The van der Waals surface area contributed by atoms with Gasteiger partial charge in [0.05, 0.1) is 11.1 Å². The molecule has 40 heavy (non-hydrogen) atoms. The summed E-state index contributed by atoms with van der Waals surface area (Å²) in [5.74, 6) is -3.27. The standard InChI is InChI=1S/C30H32F4N2O4/c1-3-5-7-8-9-20-18-35-27(36-19-20)21-11-13-22(14-12-21)28(37)39-25-16-15-23(17-24(25)31)29(38)40-26(10-6-4-2)30(32,33)34/h11-19,26H,3-10H2,1-2H3/t26-/m0/s1. The molecule has 0 bridgehead atoms. The van der Waals surface area contributed by atoms with Crippen molar-refractivity contribution in [3.05, 3.63) is 77.4 Å². The topological polar surface area (TPSA) is 78.4 Å². The van der Waals surface area contributed by atoms with Crippen molar-refractivity contribution in [1.29, 1.82) is 0 Å². The van der Waals surface area contributed by atoms with Crippen LogP contribution < -0.4 is 4.74 Å². The van der Waals surface area contributed by atoms with Gasteiger partial charge < -0.3 is 9.47 Å². The Labute approximate surface area is 230 Å². The number of nitrogens with zero attached hydrogens (tertiary/aromatic N) is 2. The fraction of sp³-hybridized carbons (Fsp3) is 0.400. The number of carbonyl (C=O) groups excluding carboxylic acids is 2. The zero-order valence-electron chi connectivity index (χ0n) is 22.5. The molecule has 0 amide bonds. The molecule has 3 aromatic rings. The predicted molar refractivity (Wildman–Crippen MR) is 141 cm³/mol. The molecule has 0 saturated carbocycles. The Morgan fingerprint density at radius 1 is 0.850 bits per heavy atom. The Morgan fingerprint density at radius 2 is 1.50 bits per heavy atom. The molecule has 3 rings (SSSR count). The van der Waals surface area contributed by atoms with Gasteiger partial charge in [-0.15, -0.1) is 0 Å². The second kappa shape index (κ2) is 14.5. The third kappa shape index (κ3) is 8.86. The quantitative estimate of drug-likeness (QED) is 0.0915. The highest BCUT2D eigenvalue weighted by molar-refractivity contribution is 5.92. The lowest BCUT2D eigenvalue weighted by Crippen LogP contribution is -2.33. The second-order valence-corrected chi connectivity index (χ2v) is 9.42. The van der Waals surface area contributed by atoms with Gasteiger partial charge in [0.15, 0.2) is 23.5 Å². The van der Waals surface area contributed by atoms with Crippen LogP contribution in [0.25, 0.3) is 11.4 Å². The van der Waals surface area contributed by atoms with E-state index in [1.807, 2.05) is 0 Å². The van der Waals surface area contributed by atoms with Crippen LogP contribution in [0.3, 0.4) is 0 Å². The van der Waals surface area contributed by atoms with Crippen LogP contribution >= 0.6 is 0 Å². The Balaban J connectivity index is 1.61. The van der Waals surface area contributed by atoms with Gasteiger partial charge >= 0.3 is 18.1 Å². The van der Waals surface area contributed by atoms with E-state index in [1.54, 1.807) is 31.5 Å². The third-order valence-electron chi connectivity index (χ3n) is 6.21. The fourth-order valence-electron chi connectivity index (χ4n) is 3.89. The summed E-state index contributed by atoms with van der Waals surface area (Å²) in [5.41, 5.74) is 1.43. The second-order valence-electron chi connectivity index (χ2n) is 9.42. The Morgan fingerprint density at radius 3 is 2.10 bits per heavy atom. The highest BCUT2D eigenvalue weighted by Gasteiger charge is 2.42. The van der Waals surface area contributed by atoms with E-state index < -0.39 is 41.3 Å². The van der Waals surface area contributed by atoms with Crippen LogP contribution in [0.5, 0.6) is 5.75 Å². The fourth-order valence-corrected chi connectivity index (χ4v) is 3.89. The van der Waals surface area contributed by atoms with Crippen molar-refractivity contribution >= 4 is 11.9 Å². The summed E-state index contributed by atoms with van der Waals surface area (Å²) in [6.45, 7) is 3.87. The van der Waals surface area contributed by atoms with Gasteiger partial charge in [-0.1, -0.05) is 51.7 Å². The molecule has 2 aromatic carbocycles. The van der Waals surface area contributed by atoms with E-state index in [1.165, 1.54) is 25.0 Å². The minimum atomic E-state index is -4.74. The number of rotatable bonds is 13. The number of unbranched alkanes of at least 4 members (excludes halogenated alkanes) is 4. The molecule has 6 nitrogen and oxygen atoms in total. The molecule has 0 N–H and O–H groups in total. The number of carbonyl (C=O) groups is 2. The van der Waals surface area contributed by atoms with Crippen molar-refractivity contribution < 1.29 is 36.6 Å². The van der Waals surface area contributed by atoms with E-state index in [9.17, 15) is 27.2 Å². The van der Waals surface area contributed by atoms with Crippen LogP contribution in [-0.2, 0) is 11.2 Å². The summed E-state index contributed by atoms with van der Waals surface area (Å²) >= 11 is 0. The van der Waals surface area contributed by atoms with Gasteiger partial charge in [-0.3, -0.25) is 0 Å². The largest absolute Gasteiger partial charge is 0.449 e.